The average molecular weight is 223 g/mol. The summed E-state index contributed by atoms with van der Waals surface area (Å²) in [5, 5.41) is 14.8. The third-order valence-electron chi connectivity index (χ3n) is 0. The predicted octanol–water partition coefficient (Wildman–Crippen LogP) is -0.416. The van der Waals surface area contributed by atoms with E-state index in [1.165, 1.54) is 0 Å². The summed E-state index contributed by atoms with van der Waals surface area (Å²) >= 11 is 0. The summed E-state index contributed by atoms with van der Waals surface area (Å²) in [5.41, 5.74) is 0. The molecule has 0 saturated carbocycles. The van der Waals surface area contributed by atoms with Crippen molar-refractivity contribution in [2.45, 2.75) is 0 Å². The zero-order valence-corrected chi connectivity index (χ0v) is 5.83. The molecule has 0 aliphatic heterocycles. The van der Waals surface area contributed by atoms with Crippen LogP contribution < -0.4 is 0 Å². The summed E-state index contributed by atoms with van der Waals surface area (Å²) in [6, 6.07) is 0. The smallest absolute Gasteiger partial charge is 0.0689 e. The zero-order chi connectivity index (χ0) is 3.58. The van der Waals surface area contributed by atoms with Gasteiger partial charge in [0, 0.05) is 40.8 Å². The molecular weight excluding hydrogens is 222 g/mol. The molecule has 5 nitrogen and oxygen atoms in total. The van der Waals surface area contributed by atoms with Crippen LogP contribution >= 0.6 is 0 Å². The normalized spacial score (nSPS) is 4.00. The van der Waals surface area contributed by atoms with Gasteiger partial charge < -0.3 is 20.8 Å². The maximum absolute atomic E-state index is 8.25. The second-order valence-electron chi connectivity index (χ2n) is 0.224. The Labute approximate surface area is 66.3 Å². The Bertz CT molecular complexity index is 30.5. The molecule has 0 aromatic rings. The molecule has 0 fully saturated rings. The first-order chi connectivity index (χ1) is 1.73. The summed E-state index contributed by atoms with van der Waals surface area (Å²) in [5.74, 6) is 0. The van der Waals surface area contributed by atoms with Crippen molar-refractivity contribution >= 4 is 0 Å². The molecule has 0 aromatic heterocycles. The van der Waals surface area contributed by atoms with Gasteiger partial charge in [0.1, 0.15) is 0 Å². The molecule has 0 rings (SSSR count). The van der Waals surface area contributed by atoms with Crippen LogP contribution in [0.3, 0.4) is 0 Å². The summed E-state index contributed by atoms with van der Waals surface area (Å²) in [6.45, 7) is 0. The van der Waals surface area contributed by atoms with Gasteiger partial charge in [-0.3, -0.25) is 0 Å². The Morgan fingerprint density at radius 2 is 1.33 bits per heavy atom. The molecule has 36 valence electrons. The van der Waals surface area contributed by atoms with Gasteiger partial charge in [0.15, 0.2) is 0 Å². The van der Waals surface area contributed by atoms with Crippen LogP contribution in [0.2, 0.25) is 0 Å². The molecule has 0 amide bonds. The third-order valence-corrected chi connectivity index (χ3v) is 0. The van der Waals surface area contributed by atoms with Crippen molar-refractivity contribution < 1.29 is 51.4 Å². The fraction of sp³-hybridized carbons (Fsp3) is 0. The second-order valence-corrected chi connectivity index (χ2v) is 0.224. The van der Waals surface area contributed by atoms with Crippen molar-refractivity contribution in [2.24, 2.45) is 0 Å². The van der Waals surface area contributed by atoms with Crippen molar-refractivity contribution in [3.05, 3.63) is 15.3 Å². The molecule has 1 N–H and O–H groups in total. The van der Waals surface area contributed by atoms with E-state index in [2.05, 4.69) is 0 Å². The minimum atomic E-state index is -1.75. The van der Waals surface area contributed by atoms with E-state index in [1.807, 2.05) is 0 Å². The van der Waals surface area contributed by atoms with Crippen molar-refractivity contribution in [1.29, 1.82) is 0 Å². The molecule has 0 aliphatic rings. The Morgan fingerprint density at radius 3 is 1.33 bits per heavy atom. The van der Waals surface area contributed by atoms with E-state index >= 15 is 0 Å². The van der Waals surface area contributed by atoms with Crippen LogP contribution in [-0.4, -0.2) is 10.6 Å². The van der Waals surface area contributed by atoms with Crippen LogP contribution in [0, 0.1) is 56.2 Å². The third kappa shape index (κ3) is 213. The van der Waals surface area contributed by atoms with Crippen LogP contribution in [-0.2, 0) is 0 Å². The van der Waals surface area contributed by atoms with Gasteiger partial charge >= 0.3 is 0 Å². The minimum Gasteiger partial charge on any atom is -0.870 e. The molecule has 0 atom stereocenters. The Kier molecular flexibility index (Phi) is 24.3. The van der Waals surface area contributed by atoms with Crippen LogP contribution in [0.25, 0.3) is 0 Å². The Balaban J connectivity index is -0.0000000450. The largest absolute Gasteiger partial charge is 0.870 e. The first-order valence-electron chi connectivity index (χ1n) is 0.548. The second kappa shape index (κ2) is 9.10. The summed E-state index contributed by atoms with van der Waals surface area (Å²) < 4.78 is 0. The van der Waals surface area contributed by atoms with Crippen LogP contribution in [0.4, 0.5) is 0 Å². The Hall–Kier alpha value is 0.511. The molecule has 6 heteroatoms. The number of hydrogen-bond donors (Lipinski definition) is 0. The van der Waals surface area contributed by atoms with Gasteiger partial charge in [-0.1, -0.05) is 0 Å². The average Bonchev–Trinajstić information content (AvgIpc) is 0.811. The van der Waals surface area contributed by atoms with Crippen LogP contribution in [0.15, 0.2) is 0 Å². The zero-order valence-electron chi connectivity index (χ0n) is 2.62. The van der Waals surface area contributed by atoms with E-state index in [0.29, 0.717) is 0 Å². The van der Waals surface area contributed by atoms with Crippen molar-refractivity contribution in [3.8, 4) is 0 Å². The van der Waals surface area contributed by atoms with Crippen LogP contribution in [0.5, 0.6) is 0 Å². The standard InChI is InChI=1S/NO3.Nd.H2O/c2-1(3)4;;/h;;1H2/q-1;;/p-1. The molecular formula is HNNdO4-2. The predicted molar refractivity (Wildman–Crippen MR) is 12.3 cm³/mol. The molecule has 0 aliphatic carbocycles. The van der Waals surface area contributed by atoms with Gasteiger partial charge in [0.25, 0.3) is 0 Å². The molecule has 0 spiro atoms. The van der Waals surface area contributed by atoms with E-state index in [-0.39, 0.29) is 46.3 Å². The number of rotatable bonds is 0. The van der Waals surface area contributed by atoms with Crippen molar-refractivity contribution in [3.63, 3.8) is 0 Å². The van der Waals surface area contributed by atoms with Gasteiger partial charge in [-0.25, -0.2) is 0 Å². The number of hydrogen-bond acceptors (Lipinski definition) is 4. The molecule has 0 unspecified atom stereocenters. The van der Waals surface area contributed by atoms with E-state index in [4.69, 9.17) is 15.3 Å². The van der Waals surface area contributed by atoms with Gasteiger partial charge in [0.2, 0.25) is 0 Å². The fourth-order valence-electron chi connectivity index (χ4n) is 0. The van der Waals surface area contributed by atoms with Crippen molar-refractivity contribution in [2.75, 3.05) is 0 Å². The first-order valence-corrected chi connectivity index (χ1v) is 0.548. The molecule has 0 saturated heterocycles. The van der Waals surface area contributed by atoms with E-state index in [9.17, 15) is 0 Å². The van der Waals surface area contributed by atoms with Gasteiger partial charge in [-0.05, 0) is 0 Å². The maximum Gasteiger partial charge on any atom is 0.0689 e. The topological polar surface area (TPSA) is 96.2 Å². The summed E-state index contributed by atoms with van der Waals surface area (Å²) in [7, 11) is 0. The first kappa shape index (κ1) is 16.0. The van der Waals surface area contributed by atoms with E-state index in [0.717, 1.165) is 0 Å². The van der Waals surface area contributed by atoms with E-state index < -0.39 is 5.09 Å². The number of nitrogens with zero attached hydrogens (tertiary/aromatic N) is 1. The maximum atomic E-state index is 8.25. The monoisotopic (exact) mass is 221 g/mol. The molecule has 0 bridgehead atoms. The van der Waals surface area contributed by atoms with Crippen molar-refractivity contribution in [1.82, 2.24) is 0 Å². The van der Waals surface area contributed by atoms with E-state index in [1.54, 1.807) is 0 Å². The van der Waals surface area contributed by atoms with Gasteiger partial charge in [-0.2, -0.15) is 0 Å². The summed E-state index contributed by atoms with van der Waals surface area (Å²) in [4.78, 5) is 8.25. The van der Waals surface area contributed by atoms with Gasteiger partial charge in [0.05, 0.1) is 5.09 Å². The van der Waals surface area contributed by atoms with Crippen LogP contribution in [0.1, 0.15) is 0 Å². The molecule has 0 heterocycles. The SMILES string of the molecule is O=[N+]([O-])[O-].[Nd].[OH-]. The molecule has 0 radical (unpaired) electrons. The molecule has 6 heavy (non-hydrogen) atoms. The minimum absolute atomic E-state index is 0. The summed E-state index contributed by atoms with van der Waals surface area (Å²) in [6.07, 6.45) is 0. The molecule has 0 aromatic carbocycles. The fourth-order valence-corrected chi connectivity index (χ4v) is 0. The quantitative estimate of drug-likeness (QED) is 0.411. The van der Waals surface area contributed by atoms with Gasteiger partial charge in [-0.15, -0.1) is 0 Å². The Morgan fingerprint density at radius 1 is 1.33 bits per heavy atom.